The maximum Gasteiger partial charge on any atom is 0.250 e. The summed E-state index contributed by atoms with van der Waals surface area (Å²) < 4.78 is 1.72. The van der Waals surface area contributed by atoms with Crippen LogP contribution in [0.3, 0.4) is 0 Å². The highest BCUT2D eigenvalue weighted by Gasteiger charge is 2.03. The Kier molecular flexibility index (Phi) is 4.17. The number of primary amides is 1. The van der Waals surface area contributed by atoms with Crippen molar-refractivity contribution in [2.75, 3.05) is 5.73 Å². The van der Waals surface area contributed by atoms with E-state index >= 15 is 0 Å². The predicted octanol–water partition coefficient (Wildman–Crippen LogP) is 0.227. The van der Waals surface area contributed by atoms with Crippen LogP contribution in [0.15, 0.2) is 37.2 Å². The molecule has 0 radical (unpaired) electrons. The van der Waals surface area contributed by atoms with Crippen LogP contribution in [-0.4, -0.2) is 30.2 Å². The van der Waals surface area contributed by atoms with Crippen LogP contribution < -0.4 is 11.5 Å². The molecule has 3 aromatic rings. The minimum absolute atomic E-state index is 0.413. The highest BCUT2D eigenvalue weighted by atomic mass is 31.0. The molecule has 9 heteroatoms. The Morgan fingerprint density at radius 1 is 1.30 bits per heavy atom. The van der Waals surface area contributed by atoms with Gasteiger partial charge in [-0.2, -0.15) is 0 Å². The van der Waals surface area contributed by atoms with E-state index in [1.165, 1.54) is 12.5 Å². The average Bonchev–Trinajstić information content (AvgIpc) is 2.84. The molecule has 3 aromatic heterocycles. The molecular weight excluding hydrogens is 277 g/mol. The summed E-state index contributed by atoms with van der Waals surface area (Å²) in [6.07, 6.45) is 6.06. The minimum Gasteiger partial charge on any atom is -0.382 e. The molecule has 1 unspecified atom stereocenters. The van der Waals surface area contributed by atoms with Crippen molar-refractivity contribution in [3.05, 3.63) is 42.7 Å². The lowest BCUT2D eigenvalue weighted by atomic mass is 10.3. The molecule has 0 aliphatic carbocycles. The fraction of sp³-hybridized carbons (Fsp3) is 0. The largest absolute Gasteiger partial charge is 0.382 e. The van der Waals surface area contributed by atoms with Crippen molar-refractivity contribution in [3.63, 3.8) is 0 Å². The third-order valence-corrected chi connectivity index (χ3v) is 2.71. The van der Waals surface area contributed by atoms with Gasteiger partial charge in [-0.05, 0) is 21.5 Å². The maximum absolute atomic E-state index is 10.4. The standard InChI is InChI=1S/C6H6N2O.C5H6N5P/c7-6(9)5-2-1-3-8-4-5;6-4-3-5(8-1-7-4)10(11)2-9-3/h1-4H,(H2,7,9);1-2H,11H2,(H2,6,7,8). The predicted molar refractivity (Wildman–Crippen MR) is 77.6 cm³/mol. The molecule has 0 aliphatic heterocycles. The third-order valence-electron chi connectivity index (χ3n) is 2.33. The Labute approximate surface area is 116 Å². The number of nitrogen functional groups attached to an aromatic ring is 1. The van der Waals surface area contributed by atoms with Gasteiger partial charge in [0.2, 0.25) is 5.91 Å². The van der Waals surface area contributed by atoms with Crippen molar-refractivity contribution < 1.29 is 4.79 Å². The quantitative estimate of drug-likeness (QED) is 0.617. The van der Waals surface area contributed by atoms with Gasteiger partial charge >= 0.3 is 0 Å². The smallest absolute Gasteiger partial charge is 0.250 e. The number of amides is 1. The first-order valence-electron chi connectivity index (χ1n) is 5.48. The number of nitrogens with zero attached hydrogens (tertiary/aromatic N) is 5. The number of fused-ring (bicyclic) bond motifs is 1. The second kappa shape index (κ2) is 6.03. The summed E-state index contributed by atoms with van der Waals surface area (Å²) in [6.45, 7) is 0. The molecule has 1 amide bonds. The molecule has 8 nitrogen and oxygen atoms in total. The van der Waals surface area contributed by atoms with Crippen molar-refractivity contribution in [2.45, 2.75) is 0 Å². The van der Waals surface area contributed by atoms with Gasteiger partial charge in [0.15, 0.2) is 11.5 Å². The van der Waals surface area contributed by atoms with E-state index in [0.717, 1.165) is 5.65 Å². The number of rotatable bonds is 1. The first-order chi connectivity index (χ1) is 9.59. The van der Waals surface area contributed by atoms with Crippen LogP contribution in [0.1, 0.15) is 10.4 Å². The number of aromatic nitrogens is 5. The van der Waals surface area contributed by atoms with Gasteiger partial charge in [-0.15, -0.1) is 0 Å². The van der Waals surface area contributed by atoms with Crippen LogP contribution >= 0.6 is 9.39 Å². The summed E-state index contributed by atoms with van der Waals surface area (Å²) >= 11 is 0. The highest BCUT2D eigenvalue weighted by Crippen LogP contribution is 2.15. The number of carbonyl (C=O) groups excluding carboxylic acids is 1. The van der Waals surface area contributed by atoms with Gasteiger partial charge in [0, 0.05) is 12.4 Å². The van der Waals surface area contributed by atoms with E-state index in [1.807, 2.05) is 0 Å². The Morgan fingerprint density at radius 2 is 2.10 bits per heavy atom. The van der Waals surface area contributed by atoms with E-state index in [9.17, 15) is 4.79 Å². The Hall–Kier alpha value is -2.60. The van der Waals surface area contributed by atoms with Gasteiger partial charge in [0.05, 0.1) is 5.56 Å². The minimum atomic E-state index is -0.442. The van der Waals surface area contributed by atoms with E-state index in [-0.39, 0.29) is 0 Å². The molecule has 0 aliphatic rings. The number of nitrogens with two attached hydrogens (primary N) is 2. The molecule has 0 saturated heterocycles. The van der Waals surface area contributed by atoms with Gasteiger partial charge in [0.25, 0.3) is 0 Å². The monoisotopic (exact) mass is 289 g/mol. The molecule has 0 fully saturated rings. The van der Waals surface area contributed by atoms with Crippen LogP contribution in [0.5, 0.6) is 0 Å². The zero-order chi connectivity index (χ0) is 14.5. The fourth-order valence-electron chi connectivity index (χ4n) is 1.38. The first kappa shape index (κ1) is 13.8. The second-order valence-electron chi connectivity index (χ2n) is 3.69. The summed E-state index contributed by atoms with van der Waals surface area (Å²) in [5.74, 6) is -0.0284. The van der Waals surface area contributed by atoms with E-state index in [2.05, 4.69) is 29.3 Å². The molecule has 3 rings (SSSR count). The van der Waals surface area contributed by atoms with Crippen LogP contribution in [0, 0.1) is 0 Å². The number of hydrogen-bond donors (Lipinski definition) is 2. The fourth-order valence-corrected chi connectivity index (χ4v) is 1.63. The van der Waals surface area contributed by atoms with Crippen molar-refractivity contribution in [1.29, 1.82) is 0 Å². The van der Waals surface area contributed by atoms with Crippen LogP contribution in [0.25, 0.3) is 11.2 Å². The van der Waals surface area contributed by atoms with Gasteiger partial charge in [-0.1, -0.05) is 0 Å². The van der Waals surface area contributed by atoms with E-state index in [1.54, 1.807) is 29.0 Å². The van der Waals surface area contributed by atoms with E-state index < -0.39 is 5.91 Å². The van der Waals surface area contributed by atoms with Crippen molar-refractivity contribution in [1.82, 2.24) is 24.3 Å². The highest BCUT2D eigenvalue weighted by molar-refractivity contribution is 7.14. The van der Waals surface area contributed by atoms with E-state index in [0.29, 0.717) is 16.9 Å². The Bertz CT molecular complexity index is 728. The number of pyridine rings is 1. The molecule has 20 heavy (non-hydrogen) atoms. The van der Waals surface area contributed by atoms with Crippen LogP contribution in [0.4, 0.5) is 5.82 Å². The third kappa shape index (κ3) is 3.04. The van der Waals surface area contributed by atoms with Gasteiger partial charge in [-0.25, -0.2) is 15.0 Å². The lowest BCUT2D eigenvalue weighted by Crippen LogP contribution is -2.10. The van der Waals surface area contributed by atoms with E-state index in [4.69, 9.17) is 11.5 Å². The average molecular weight is 289 g/mol. The second-order valence-corrected chi connectivity index (χ2v) is 4.25. The summed E-state index contributed by atoms with van der Waals surface area (Å²) in [4.78, 5) is 25.9. The molecule has 102 valence electrons. The Balaban J connectivity index is 0.000000151. The van der Waals surface area contributed by atoms with Crippen molar-refractivity contribution >= 4 is 32.3 Å². The lowest BCUT2D eigenvalue weighted by molar-refractivity contribution is 0.1000. The molecule has 1 atom stereocenters. The van der Waals surface area contributed by atoms with Crippen LogP contribution in [0.2, 0.25) is 0 Å². The number of hydrogen-bond acceptors (Lipinski definition) is 6. The molecule has 0 saturated carbocycles. The van der Waals surface area contributed by atoms with Gasteiger partial charge in [0.1, 0.15) is 18.2 Å². The van der Waals surface area contributed by atoms with Crippen molar-refractivity contribution in [2.24, 2.45) is 5.73 Å². The van der Waals surface area contributed by atoms with Crippen molar-refractivity contribution in [3.8, 4) is 0 Å². The SMILES string of the molecule is NC(=O)c1cccnc1.Nc1ncnc2c1ncn2P. The van der Waals surface area contributed by atoms with Gasteiger partial charge < -0.3 is 11.5 Å². The normalized spacial score (nSPS) is 9.85. The molecule has 0 aromatic carbocycles. The molecule has 3 heterocycles. The van der Waals surface area contributed by atoms with Gasteiger partial charge in [-0.3, -0.25) is 14.1 Å². The summed E-state index contributed by atoms with van der Waals surface area (Å²) in [5.41, 5.74) is 12.3. The summed E-state index contributed by atoms with van der Waals surface area (Å²) in [5, 5.41) is 0. The maximum atomic E-state index is 10.4. The molecular formula is C11H12N7OP. The molecule has 0 bridgehead atoms. The lowest BCUT2D eigenvalue weighted by Gasteiger charge is -1.92. The van der Waals surface area contributed by atoms with Crippen LogP contribution in [-0.2, 0) is 0 Å². The number of carbonyl (C=O) groups is 1. The first-order valence-corrected chi connectivity index (χ1v) is 5.99. The molecule has 0 spiro atoms. The topological polar surface area (TPSA) is 126 Å². The zero-order valence-electron chi connectivity index (χ0n) is 10.3. The number of anilines is 1. The summed E-state index contributed by atoms with van der Waals surface area (Å²) in [7, 11) is 2.46. The zero-order valence-corrected chi connectivity index (χ0v) is 11.5. The Morgan fingerprint density at radius 3 is 2.65 bits per heavy atom. The number of imidazole rings is 1. The molecule has 4 N–H and O–H groups in total. The summed E-state index contributed by atoms with van der Waals surface area (Å²) in [6, 6.07) is 3.29.